The van der Waals surface area contributed by atoms with Crippen LogP contribution in [0.4, 0.5) is 5.69 Å². The van der Waals surface area contributed by atoms with E-state index in [2.05, 4.69) is 20.5 Å². The number of benzene rings is 2. The van der Waals surface area contributed by atoms with Crippen molar-refractivity contribution >= 4 is 33.5 Å². The third-order valence-electron chi connectivity index (χ3n) is 3.99. The van der Waals surface area contributed by atoms with E-state index in [0.717, 1.165) is 27.6 Å². The minimum Gasteiger partial charge on any atom is -0.324 e. The van der Waals surface area contributed by atoms with Gasteiger partial charge in [0.2, 0.25) is 5.91 Å². The second kappa shape index (κ2) is 5.24. The lowest BCUT2D eigenvalue weighted by atomic mass is 10.2. The van der Waals surface area contributed by atoms with E-state index in [0.29, 0.717) is 0 Å². The lowest BCUT2D eigenvalue weighted by Crippen LogP contribution is -2.23. The van der Waals surface area contributed by atoms with Gasteiger partial charge in [-0.05, 0) is 37.3 Å². The number of nitrogens with one attached hydrogen (secondary N) is 2. The number of amides is 1. The molecule has 0 aliphatic carbocycles. The lowest BCUT2D eigenvalue weighted by Gasteiger charge is -2.14. The van der Waals surface area contributed by atoms with Crippen molar-refractivity contribution < 1.29 is 4.79 Å². The van der Waals surface area contributed by atoms with Crippen LogP contribution in [0, 0.1) is 0 Å². The first kappa shape index (κ1) is 13.5. The number of carbonyl (C=O) groups is 1. The number of anilines is 1. The van der Waals surface area contributed by atoms with Crippen molar-refractivity contribution in [3.63, 3.8) is 0 Å². The number of para-hydroxylation sites is 2. The topological polar surface area (TPSA) is 75.6 Å². The Morgan fingerprint density at radius 2 is 2.13 bits per heavy atom. The molecule has 4 rings (SSSR count). The van der Waals surface area contributed by atoms with E-state index >= 15 is 0 Å². The third-order valence-corrected chi connectivity index (χ3v) is 3.99. The second-order valence-corrected chi connectivity index (χ2v) is 5.48. The molecule has 6 nitrogen and oxygen atoms in total. The number of fused-ring (bicyclic) bond motifs is 2. The zero-order chi connectivity index (χ0) is 15.8. The zero-order valence-corrected chi connectivity index (χ0v) is 12.5. The molecule has 2 heterocycles. The highest BCUT2D eigenvalue weighted by Crippen LogP contribution is 2.20. The maximum atomic E-state index is 12.5. The number of carbonyl (C=O) groups excluding carboxylic acids is 1. The summed E-state index contributed by atoms with van der Waals surface area (Å²) < 4.78 is 1.87. The van der Waals surface area contributed by atoms with Gasteiger partial charge >= 0.3 is 0 Å². The molecular weight excluding hydrogens is 290 g/mol. The summed E-state index contributed by atoms with van der Waals surface area (Å²) in [6, 6.07) is 13.1. The number of imidazole rings is 1. The largest absolute Gasteiger partial charge is 0.324 e. The molecule has 2 N–H and O–H groups in total. The van der Waals surface area contributed by atoms with Crippen molar-refractivity contribution in [1.82, 2.24) is 19.7 Å². The van der Waals surface area contributed by atoms with Gasteiger partial charge in [0.05, 0.1) is 29.1 Å². The van der Waals surface area contributed by atoms with Crippen LogP contribution < -0.4 is 5.32 Å². The summed E-state index contributed by atoms with van der Waals surface area (Å²) in [7, 11) is 0. The number of hydrogen-bond acceptors (Lipinski definition) is 3. The monoisotopic (exact) mass is 305 g/mol. The molecular formula is C17H15N5O. The van der Waals surface area contributed by atoms with Crippen LogP contribution in [0.1, 0.15) is 13.0 Å². The number of aromatic amines is 1. The molecule has 0 saturated carbocycles. The molecule has 0 saturated heterocycles. The lowest BCUT2D eigenvalue weighted by molar-refractivity contribution is -0.118. The molecule has 4 aromatic rings. The Morgan fingerprint density at radius 3 is 3.04 bits per heavy atom. The molecule has 2 aromatic carbocycles. The average Bonchev–Trinajstić information content (AvgIpc) is 3.20. The first-order chi connectivity index (χ1) is 11.2. The molecule has 0 unspecified atom stereocenters. The van der Waals surface area contributed by atoms with Gasteiger partial charge in [-0.25, -0.2) is 4.98 Å². The Morgan fingerprint density at radius 1 is 1.26 bits per heavy atom. The molecule has 23 heavy (non-hydrogen) atoms. The Balaban J connectivity index is 1.60. The summed E-state index contributed by atoms with van der Waals surface area (Å²) in [6.07, 6.45) is 3.45. The highest BCUT2D eigenvalue weighted by Gasteiger charge is 2.17. The summed E-state index contributed by atoms with van der Waals surface area (Å²) in [6.45, 7) is 1.86. The van der Waals surface area contributed by atoms with Gasteiger partial charge in [0.25, 0.3) is 0 Å². The van der Waals surface area contributed by atoms with Crippen molar-refractivity contribution in [2.45, 2.75) is 13.0 Å². The fourth-order valence-electron chi connectivity index (χ4n) is 2.67. The number of H-pyrrole nitrogens is 1. The minimum atomic E-state index is -0.361. The molecule has 0 aliphatic rings. The van der Waals surface area contributed by atoms with Gasteiger partial charge in [-0.2, -0.15) is 5.10 Å². The normalized spacial score (nSPS) is 12.6. The van der Waals surface area contributed by atoms with Gasteiger partial charge in [0.1, 0.15) is 6.04 Å². The quantitative estimate of drug-likeness (QED) is 0.610. The van der Waals surface area contributed by atoms with Crippen LogP contribution >= 0.6 is 0 Å². The number of hydrogen-bond donors (Lipinski definition) is 2. The molecule has 0 fully saturated rings. The second-order valence-electron chi connectivity index (χ2n) is 5.48. The minimum absolute atomic E-state index is 0.0907. The fourth-order valence-corrected chi connectivity index (χ4v) is 2.67. The SMILES string of the molecule is C[C@@H](C(=O)Nc1ccc2cn[nH]c2c1)n1cnc2ccccc21. The fraction of sp³-hybridized carbons (Fsp3) is 0.118. The first-order valence-electron chi connectivity index (χ1n) is 7.38. The smallest absolute Gasteiger partial charge is 0.247 e. The predicted molar refractivity (Wildman–Crippen MR) is 89.2 cm³/mol. The highest BCUT2D eigenvalue weighted by atomic mass is 16.2. The number of aromatic nitrogens is 4. The maximum Gasteiger partial charge on any atom is 0.247 e. The van der Waals surface area contributed by atoms with E-state index in [1.54, 1.807) is 12.5 Å². The van der Waals surface area contributed by atoms with Gasteiger partial charge < -0.3 is 9.88 Å². The molecule has 114 valence electrons. The van der Waals surface area contributed by atoms with Crippen molar-refractivity contribution in [2.24, 2.45) is 0 Å². The van der Waals surface area contributed by atoms with Crippen LogP contribution in [0.2, 0.25) is 0 Å². The average molecular weight is 305 g/mol. The van der Waals surface area contributed by atoms with Crippen LogP contribution in [0.25, 0.3) is 21.9 Å². The summed E-state index contributed by atoms with van der Waals surface area (Å²) in [5, 5.41) is 10.8. The van der Waals surface area contributed by atoms with Crippen molar-refractivity contribution in [3.8, 4) is 0 Å². The summed E-state index contributed by atoms with van der Waals surface area (Å²) in [5.41, 5.74) is 3.46. The van der Waals surface area contributed by atoms with Gasteiger partial charge in [-0.15, -0.1) is 0 Å². The Kier molecular flexibility index (Phi) is 3.08. The molecule has 1 atom stereocenters. The summed E-state index contributed by atoms with van der Waals surface area (Å²) in [5.74, 6) is -0.0907. The Hall–Kier alpha value is -3.15. The Bertz CT molecular complexity index is 1000. The standard InChI is InChI=1S/C17H15N5O/c1-11(22-10-18-14-4-2-3-5-16(14)22)17(23)20-13-7-6-12-9-19-21-15(12)8-13/h2-11H,1H3,(H,19,21)(H,20,23)/t11-/m0/s1. The molecule has 0 bridgehead atoms. The highest BCUT2D eigenvalue weighted by molar-refractivity contribution is 5.96. The Labute approximate surface area is 132 Å². The van der Waals surface area contributed by atoms with Gasteiger partial charge in [0.15, 0.2) is 0 Å². The van der Waals surface area contributed by atoms with Gasteiger partial charge in [-0.1, -0.05) is 12.1 Å². The van der Waals surface area contributed by atoms with E-state index in [1.807, 2.05) is 54.0 Å². The van der Waals surface area contributed by atoms with Crippen LogP contribution in [0.15, 0.2) is 55.0 Å². The van der Waals surface area contributed by atoms with Crippen LogP contribution in [-0.4, -0.2) is 25.7 Å². The molecule has 1 amide bonds. The predicted octanol–water partition coefficient (Wildman–Crippen LogP) is 3.11. The number of rotatable bonds is 3. The summed E-state index contributed by atoms with van der Waals surface area (Å²) in [4.78, 5) is 16.9. The van der Waals surface area contributed by atoms with Crippen LogP contribution in [0.3, 0.4) is 0 Å². The van der Waals surface area contributed by atoms with E-state index in [-0.39, 0.29) is 11.9 Å². The molecule has 6 heteroatoms. The van der Waals surface area contributed by atoms with E-state index < -0.39 is 0 Å². The molecule has 2 aromatic heterocycles. The van der Waals surface area contributed by atoms with E-state index in [9.17, 15) is 4.79 Å². The van der Waals surface area contributed by atoms with Crippen LogP contribution in [-0.2, 0) is 4.79 Å². The molecule has 0 radical (unpaired) electrons. The van der Waals surface area contributed by atoms with Gasteiger partial charge in [-0.3, -0.25) is 9.89 Å². The van der Waals surface area contributed by atoms with Crippen molar-refractivity contribution in [1.29, 1.82) is 0 Å². The van der Waals surface area contributed by atoms with Crippen molar-refractivity contribution in [3.05, 3.63) is 55.0 Å². The molecule has 0 aliphatic heterocycles. The van der Waals surface area contributed by atoms with E-state index in [4.69, 9.17) is 0 Å². The third kappa shape index (κ3) is 2.34. The van der Waals surface area contributed by atoms with Gasteiger partial charge in [0, 0.05) is 11.1 Å². The zero-order valence-electron chi connectivity index (χ0n) is 12.5. The summed E-state index contributed by atoms with van der Waals surface area (Å²) >= 11 is 0. The maximum absolute atomic E-state index is 12.5. The first-order valence-corrected chi connectivity index (χ1v) is 7.38. The van der Waals surface area contributed by atoms with Crippen molar-refractivity contribution in [2.75, 3.05) is 5.32 Å². The number of nitrogens with zero attached hydrogens (tertiary/aromatic N) is 3. The van der Waals surface area contributed by atoms with Crippen LogP contribution in [0.5, 0.6) is 0 Å². The molecule has 0 spiro atoms. The van der Waals surface area contributed by atoms with E-state index in [1.165, 1.54) is 0 Å².